The fraction of sp³-hybridized carbons (Fsp3) is 0.320. The predicted molar refractivity (Wildman–Crippen MR) is 133 cm³/mol. The molecule has 2 aromatic carbocycles. The number of nitrogens with one attached hydrogen (secondary N) is 3. The summed E-state index contributed by atoms with van der Waals surface area (Å²) in [7, 11) is 1.46. The lowest BCUT2D eigenvalue weighted by molar-refractivity contribution is -0.150. The van der Waals surface area contributed by atoms with Gasteiger partial charge in [-0.2, -0.15) is 0 Å². The molecule has 0 unspecified atom stereocenters. The summed E-state index contributed by atoms with van der Waals surface area (Å²) in [6.45, 7) is 5.54. The second kappa shape index (κ2) is 11.7. The van der Waals surface area contributed by atoms with Crippen molar-refractivity contribution >= 4 is 33.8 Å². The maximum atomic E-state index is 13.2. The maximum Gasteiger partial charge on any atom is 0.347 e. The van der Waals surface area contributed by atoms with Crippen LogP contribution in [0.3, 0.4) is 0 Å². The van der Waals surface area contributed by atoms with Crippen LogP contribution in [0.15, 0.2) is 58.2 Å². The van der Waals surface area contributed by atoms with Crippen molar-refractivity contribution < 1.29 is 28.6 Å². The lowest BCUT2D eigenvalue weighted by Crippen LogP contribution is -2.46. The summed E-state index contributed by atoms with van der Waals surface area (Å²) in [5.41, 5.74) is 2.34. The number of esters is 1. The third kappa shape index (κ3) is 6.33. The highest BCUT2D eigenvalue weighted by atomic mass is 79.9. The van der Waals surface area contributed by atoms with Crippen LogP contribution in [-0.2, 0) is 20.9 Å². The first-order chi connectivity index (χ1) is 16.7. The molecule has 2 aromatic rings. The standard InChI is InChI=1S/C25H28BrN3O6/c1-5-34-24(31)15(3)35-22-18(26)11-17(12-19(22)33-4)21-20(14(2)28-25(32)29-21)23(30)27-13-16-9-7-6-8-10-16/h6-12,15,21H,5,13H2,1-4H3,(H,27,30)(H2,28,29,32)/t15-,21+/m1/s1. The number of urea groups is 1. The van der Waals surface area contributed by atoms with E-state index in [4.69, 9.17) is 14.2 Å². The number of rotatable bonds is 9. The van der Waals surface area contributed by atoms with Crippen molar-refractivity contribution in [3.8, 4) is 11.5 Å². The molecule has 10 heteroatoms. The summed E-state index contributed by atoms with van der Waals surface area (Å²) < 4.78 is 16.8. The summed E-state index contributed by atoms with van der Waals surface area (Å²) in [5, 5.41) is 8.38. The van der Waals surface area contributed by atoms with E-state index in [1.54, 1.807) is 32.9 Å². The van der Waals surface area contributed by atoms with Gasteiger partial charge in [0, 0.05) is 12.2 Å². The zero-order valence-electron chi connectivity index (χ0n) is 19.9. The van der Waals surface area contributed by atoms with Gasteiger partial charge in [0.15, 0.2) is 17.6 Å². The Balaban J connectivity index is 1.91. The van der Waals surface area contributed by atoms with E-state index in [2.05, 4.69) is 31.9 Å². The number of carbonyl (C=O) groups excluding carboxylic acids is 3. The van der Waals surface area contributed by atoms with E-state index >= 15 is 0 Å². The lowest BCUT2D eigenvalue weighted by atomic mass is 9.94. The highest BCUT2D eigenvalue weighted by Gasteiger charge is 2.32. The van der Waals surface area contributed by atoms with Crippen molar-refractivity contribution in [1.82, 2.24) is 16.0 Å². The molecule has 35 heavy (non-hydrogen) atoms. The largest absolute Gasteiger partial charge is 0.493 e. The van der Waals surface area contributed by atoms with Crippen LogP contribution in [0.5, 0.6) is 11.5 Å². The molecule has 0 fully saturated rings. The van der Waals surface area contributed by atoms with Crippen LogP contribution in [-0.4, -0.2) is 37.7 Å². The first kappa shape index (κ1) is 26.1. The van der Waals surface area contributed by atoms with Gasteiger partial charge in [-0.25, -0.2) is 9.59 Å². The highest BCUT2D eigenvalue weighted by molar-refractivity contribution is 9.10. The Labute approximate surface area is 212 Å². The van der Waals surface area contributed by atoms with Crippen LogP contribution in [0.25, 0.3) is 0 Å². The van der Waals surface area contributed by atoms with Gasteiger partial charge in [-0.05, 0) is 60.0 Å². The average Bonchev–Trinajstić information content (AvgIpc) is 2.83. The predicted octanol–water partition coefficient (Wildman–Crippen LogP) is 3.73. The molecule has 186 valence electrons. The first-order valence-corrected chi connectivity index (χ1v) is 11.9. The van der Waals surface area contributed by atoms with Crippen molar-refractivity contribution in [1.29, 1.82) is 0 Å². The smallest absolute Gasteiger partial charge is 0.347 e. The molecular weight excluding hydrogens is 518 g/mol. The summed E-state index contributed by atoms with van der Waals surface area (Å²) in [6.07, 6.45) is -0.869. The Bertz CT molecular complexity index is 1140. The van der Waals surface area contributed by atoms with E-state index in [-0.39, 0.29) is 12.5 Å². The normalized spacial score (nSPS) is 16.0. The van der Waals surface area contributed by atoms with Gasteiger partial charge in [0.2, 0.25) is 0 Å². The maximum absolute atomic E-state index is 13.2. The van der Waals surface area contributed by atoms with Gasteiger partial charge in [0.1, 0.15) is 0 Å². The van der Waals surface area contributed by atoms with Crippen LogP contribution >= 0.6 is 15.9 Å². The number of amides is 3. The van der Waals surface area contributed by atoms with E-state index in [0.29, 0.717) is 39.4 Å². The van der Waals surface area contributed by atoms with Gasteiger partial charge < -0.3 is 30.2 Å². The molecule has 3 rings (SSSR count). The number of benzene rings is 2. The molecule has 0 bridgehead atoms. The molecule has 2 atom stereocenters. The van der Waals surface area contributed by atoms with E-state index in [9.17, 15) is 14.4 Å². The zero-order valence-corrected chi connectivity index (χ0v) is 21.5. The number of hydrogen-bond acceptors (Lipinski definition) is 6. The average molecular weight is 546 g/mol. The van der Waals surface area contributed by atoms with Crippen LogP contribution in [0.1, 0.15) is 37.9 Å². The van der Waals surface area contributed by atoms with Crippen molar-refractivity contribution in [2.45, 2.75) is 39.5 Å². The van der Waals surface area contributed by atoms with Gasteiger partial charge in [-0.15, -0.1) is 0 Å². The molecule has 0 aliphatic carbocycles. The molecule has 1 aliphatic rings. The Morgan fingerprint density at radius 3 is 2.57 bits per heavy atom. The number of allylic oxidation sites excluding steroid dienone is 1. The van der Waals surface area contributed by atoms with Crippen molar-refractivity contribution in [3.05, 3.63) is 69.3 Å². The first-order valence-electron chi connectivity index (χ1n) is 11.1. The minimum absolute atomic E-state index is 0.236. The van der Waals surface area contributed by atoms with Gasteiger partial charge >= 0.3 is 12.0 Å². The number of hydrogen-bond donors (Lipinski definition) is 3. The second-order valence-electron chi connectivity index (χ2n) is 7.78. The van der Waals surface area contributed by atoms with E-state index < -0.39 is 24.1 Å². The molecular formula is C25H28BrN3O6. The van der Waals surface area contributed by atoms with Gasteiger partial charge in [0.25, 0.3) is 5.91 Å². The molecule has 3 N–H and O–H groups in total. The van der Waals surface area contributed by atoms with Crippen molar-refractivity contribution in [3.63, 3.8) is 0 Å². The van der Waals surface area contributed by atoms with Gasteiger partial charge in [-0.1, -0.05) is 30.3 Å². The van der Waals surface area contributed by atoms with Crippen LogP contribution < -0.4 is 25.4 Å². The molecule has 1 heterocycles. The molecule has 0 spiro atoms. The minimum atomic E-state index is -0.869. The van der Waals surface area contributed by atoms with Crippen molar-refractivity contribution in [2.24, 2.45) is 0 Å². The zero-order chi connectivity index (χ0) is 25.5. The molecule has 1 aliphatic heterocycles. The number of methoxy groups -OCH3 is 1. The third-order valence-electron chi connectivity index (χ3n) is 5.31. The molecule has 3 amide bonds. The Morgan fingerprint density at radius 2 is 1.91 bits per heavy atom. The Hall–Kier alpha value is -3.53. The summed E-state index contributed by atoms with van der Waals surface area (Å²) in [4.78, 5) is 37.5. The van der Waals surface area contributed by atoms with E-state index in [1.807, 2.05) is 30.3 Å². The fourth-order valence-corrected chi connectivity index (χ4v) is 4.18. The topological polar surface area (TPSA) is 115 Å². The highest BCUT2D eigenvalue weighted by Crippen LogP contribution is 2.40. The molecule has 0 saturated heterocycles. The van der Waals surface area contributed by atoms with Crippen LogP contribution in [0.2, 0.25) is 0 Å². The Morgan fingerprint density at radius 1 is 1.20 bits per heavy atom. The van der Waals surface area contributed by atoms with Crippen molar-refractivity contribution in [2.75, 3.05) is 13.7 Å². The quantitative estimate of drug-likeness (QED) is 0.413. The van der Waals surface area contributed by atoms with Crippen LogP contribution in [0, 0.1) is 0 Å². The number of ether oxygens (including phenoxy) is 3. The molecule has 0 saturated carbocycles. The summed E-state index contributed by atoms with van der Waals surface area (Å²) in [5.74, 6) is -0.213. The van der Waals surface area contributed by atoms with Crippen LogP contribution in [0.4, 0.5) is 4.79 Å². The summed E-state index contributed by atoms with van der Waals surface area (Å²) >= 11 is 3.47. The second-order valence-corrected chi connectivity index (χ2v) is 8.64. The minimum Gasteiger partial charge on any atom is -0.493 e. The van der Waals surface area contributed by atoms with E-state index in [0.717, 1.165) is 5.56 Å². The number of carbonyl (C=O) groups is 3. The molecule has 9 nitrogen and oxygen atoms in total. The molecule has 0 radical (unpaired) electrons. The van der Waals surface area contributed by atoms with Gasteiger partial charge in [0.05, 0.1) is 29.8 Å². The third-order valence-corrected chi connectivity index (χ3v) is 5.90. The lowest BCUT2D eigenvalue weighted by Gasteiger charge is -2.29. The monoisotopic (exact) mass is 545 g/mol. The fourth-order valence-electron chi connectivity index (χ4n) is 3.62. The van der Waals surface area contributed by atoms with Gasteiger partial charge in [-0.3, -0.25) is 4.79 Å². The SMILES string of the molecule is CCOC(=O)[C@@H](C)Oc1c(Br)cc([C@@H]2NC(=O)NC(C)=C2C(=O)NCc2ccccc2)cc1OC. The summed E-state index contributed by atoms with van der Waals surface area (Å²) in [6, 6.07) is 11.7. The Kier molecular flexibility index (Phi) is 8.75. The van der Waals surface area contributed by atoms with E-state index in [1.165, 1.54) is 7.11 Å². The molecule has 0 aromatic heterocycles. The number of halogens is 1.